The van der Waals surface area contributed by atoms with Crippen molar-refractivity contribution in [1.82, 2.24) is 10.4 Å². The number of nitrogens with zero attached hydrogens (tertiary/aromatic N) is 1. The lowest BCUT2D eigenvalue weighted by Crippen LogP contribution is -2.47. The minimum Gasteiger partial charge on any atom is -0.373 e. The first-order chi connectivity index (χ1) is 7.66. The van der Waals surface area contributed by atoms with Gasteiger partial charge in [0.05, 0.1) is 0 Å². The Morgan fingerprint density at radius 1 is 1.44 bits per heavy atom. The van der Waals surface area contributed by atoms with Gasteiger partial charge in [-0.2, -0.15) is 0 Å². The topological polar surface area (TPSA) is 44.4 Å². The Morgan fingerprint density at radius 3 is 2.94 bits per heavy atom. The predicted octanol–water partition coefficient (Wildman–Crippen LogP) is 1.01. The summed E-state index contributed by atoms with van der Waals surface area (Å²) < 4.78 is 0. The van der Waals surface area contributed by atoms with Crippen LogP contribution in [0, 0.1) is 0 Å². The second-order valence-corrected chi connectivity index (χ2v) is 4.26. The standard InChI is InChI=1S/C12H17N3O/c1-15(2)14-12(16)11-8-7-9-5-3-4-6-10(9)13-11/h3-6,11,13H,7-8H2,1-2H3,(H,14,16). The van der Waals surface area contributed by atoms with E-state index in [0.29, 0.717) is 0 Å². The summed E-state index contributed by atoms with van der Waals surface area (Å²) in [5, 5.41) is 4.93. The number of para-hydroxylation sites is 1. The van der Waals surface area contributed by atoms with Gasteiger partial charge in [0, 0.05) is 19.8 Å². The van der Waals surface area contributed by atoms with Crippen LogP contribution in [-0.2, 0) is 11.2 Å². The van der Waals surface area contributed by atoms with Crippen LogP contribution in [0.5, 0.6) is 0 Å². The number of anilines is 1. The first-order valence-corrected chi connectivity index (χ1v) is 5.49. The van der Waals surface area contributed by atoms with Gasteiger partial charge in [0.2, 0.25) is 0 Å². The fourth-order valence-corrected chi connectivity index (χ4v) is 1.93. The van der Waals surface area contributed by atoms with E-state index in [-0.39, 0.29) is 11.9 Å². The van der Waals surface area contributed by atoms with Gasteiger partial charge < -0.3 is 5.32 Å². The van der Waals surface area contributed by atoms with E-state index >= 15 is 0 Å². The first-order valence-electron chi connectivity index (χ1n) is 5.49. The monoisotopic (exact) mass is 219 g/mol. The van der Waals surface area contributed by atoms with Gasteiger partial charge in [-0.25, -0.2) is 5.01 Å². The van der Waals surface area contributed by atoms with Crippen molar-refractivity contribution in [3.63, 3.8) is 0 Å². The molecule has 0 saturated heterocycles. The summed E-state index contributed by atoms with van der Waals surface area (Å²) in [5.41, 5.74) is 5.14. The number of nitrogens with one attached hydrogen (secondary N) is 2. The third-order valence-corrected chi connectivity index (χ3v) is 2.70. The molecule has 2 rings (SSSR count). The number of carbonyl (C=O) groups is 1. The highest BCUT2D eigenvalue weighted by Gasteiger charge is 2.23. The van der Waals surface area contributed by atoms with Crippen molar-refractivity contribution < 1.29 is 4.79 Å². The van der Waals surface area contributed by atoms with E-state index in [9.17, 15) is 4.79 Å². The van der Waals surface area contributed by atoms with E-state index in [2.05, 4.69) is 16.8 Å². The summed E-state index contributed by atoms with van der Waals surface area (Å²) in [4.78, 5) is 11.8. The quantitative estimate of drug-likeness (QED) is 0.730. The zero-order chi connectivity index (χ0) is 11.5. The molecule has 86 valence electrons. The maximum absolute atomic E-state index is 11.8. The number of carbonyl (C=O) groups excluding carboxylic acids is 1. The smallest absolute Gasteiger partial charge is 0.256 e. The van der Waals surface area contributed by atoms with Crippen molar-refractivity contribution in [3.8, 4) is 0 Å². The second-order valence-electron chi connectivity index (χ2n) is 4.26. The van der Waals surface area contributed by atoms with Crippen molar-refractivity contribution in [2.24, 2.45) is 0 Å². The Balaban J connectivity index is 2.05. The molecule has 1 heterocycles. The number of hydrazine groups is 1. The van der Waals surface area contributed by atoms with Gasteiger partial charge >= 0.3 is 0 Å². The molecule has 0 aliphatic carbocycles. The van der Waals surface area contributed by atoms with Crippen LogP contribution in [0.2, 0.25) is 0 Å². The number of fused-ring (bicyclic) bond motifs is 1. The zero-order valence-corrected chi connectivity index (χ0v) is 9.66. The van der Waals surface area contributed by atoms with Gasteiger partial charge in [-0.15, -0.1) is 0 Å². The highest BCUT2D eigenvalue weighted by Crippen LogP contribution is 2.24. The lowest BCUT2D eigenvalue weighted by Gasteiger charge is -2.27. The average molecular weight is 219 g/mol. The van der Waals surface area contributed by atoms with Crippen LogP contribution in [0.4, 0.5) is 5.69 Å². The molecule has 2 N–H and O–H groups in total. The number of hydrogen-bond acceptors (Lipinski definition) is 3. The molecule has 0 aromatic heterocycles. The van der Waals surface area contributed by atoms with Crippen LogP contribution in [0.1, 0.15) is 12.0 Å². The SMILES string of the molecule is CN(C)NC(=O)C1CCc2ccccc2N1. The third-order valence-electron chi connectivity index (χ3n) is 2.70. The van der Waals surface area contributed by atoms with Crippen LogP contribution in [0.3, 0.4) is 0 Å². The Morgan fingerprint density at radius 2 is 2.19 bits per heavy atom. The van der Waals surface area contributed by atoms with Gasteiger partial charge in [0.1, 0.15) is 6.04 Å². The molecule has 4 nitrogen and oxygen atoms in total. The molecule has 1 unspecified atom stereocenters. The summed E-state index contributed by atoms with van der Waals surface area (Å²) in [6, 6.07) is 8.00. The van der Waals surface area contributed by atoms with Crippen molar-refractivity contribution >= 4 is 11.6 Å². The van der Waals surface area contributed by atoms with Gasteiger partial charge in [-0.1, -0.05) is 18.2 Å². The first kappa shape index (κ1) is 11.0. The molecule has 16 heavy (non-hydrogen) atoms. The Hall–Kier alpha value is -1.55. The normalized spacial score (nSPS) is 18.8. The highest BCUT2D eigenvalue weighted by molar-refractivity contribution is 5.85. The van der Waals surface area contributed by atoms with Gasteiger partial charge in [0.25, 0.3) is 5.91 Å². The summed E-state index contributed by atoms with van der Waals surface area (Å²) in [5.74, 6) is 0.0273. The van der Waals surface area contributed by atoms with Crippen LogP contribution in [0.25, 0.3) is 0 Å². The molecule has 0 bridgehead atoms. The van der Waals surface area contributed by atoms with Crippen LogP contribution in [-0.4, -0.2) is 31.1 Å². The average Bonchev–Trinajstić information content (AvgIpc) is 2.27. The zero-order valence-electron chi connectivity index (χ0n) is 9.66. The summed E-state index contributed by atoms with van der Waals surface area (Å²) in [6.07, 6.45) is 1.80. The fraction of sp³-hybridized carbons (Fsp3) is 0.417. The molecule has 1 amide bonds. The number of rotatable bonds is 2. The van der Waals surface area contributed by atoms with Gasteiger partial charge in [-0.05, 0) is 24.5 Å². The molecule has 1 atom stereocenters. The highest BCUT2D eigenvalue weighted by atomic mass is 16.2. The van der Waals surface area contributed by atoms with E-state index < -0.39 is 0 Å². The Labute approximate surface area is 95.6 Å². The molecule has 4 heteroatoms. The summed E-state index contributed by atoms with van der Waals surface area (Å²) in [6.45, 7) is 0. The number of amides is 1. The maximum atomic E-state index is 11.8. The number of hydrogen-bond donors (Lipinski definition) is 2. The van der Waals surface area contributed by atoms with E-state index in [1.165, 1.54) is 5.56 Å². The minimum absolute atomic E-state index is 0.0273. The van der Waals surface area contributed by atoms with E-state index in [1.807, 2.05) is 32.3 Å². The summed E-state index contributed by atoms with van der Waals surface area (Å²) in [7, 11) is 3.63. The minimum atomic E-state index is -0.128. The molecule has 0 spiro atoms. The van der Waals surface area contributed by atoms with Crippen molar-refractivity contribution in [2.45, 2.75) is 18.9 Å². The van der Waals surface area contributed by atoms with E-state index in [0.717, 1.165) is 18.5 Å². The number of benzene rings is 1. The largest absolute Gasteiger partial charge is 0.373 e. The molecule has 1 aliphatic rings. The van der Waals surface area contributed by atoms with Crippen molar-refractivity contribution in [2.75, 3.05) is 19.4 Å². The van der Waals surface area contributed by atoms with Crippen LogP contribution >= 0.6 is 0 Å². The Kier molecular flexibility index (Phi) is 3.10. The second kappa shape index (κ2) is 4.53. The van der Waals surface area contributed by atoms with E-state index in [1.54, 1.807) is 5.01 Å². The molecule has 1 aromatic carbocycles. The Bertz CT molecular complexity index is 390. The predicted molar refractivity (Wildman–Crippen MR) is 64.0 cm³/mol. The molecule has 1 aliphatic heterocycles. The lowest BCUT2D eigenvalue weighted by molar-refractivity contribution is -0.125. The molecule has 0 saturated carbocycles. The van der Waals surface area contributed by atoms with Crippen molar-refractivity contribution in [1.29, 1.82) is 0 Å². The molecule has 0 radical (unpaired) electrons. The van der Waals surface area contributed by atoms with Gasteiger partial charge in [0.15, 0.2) is 0 Å². The summed E-state index contributed by atoms with van der Waals surface area (Å²) >= 11 is 0. The molecule has 1 aromatic rings. The molecule has 0 fully saturated rings. The third kappa shape index (κ3) is 2.33. The van der Waals surface area contributed by atoms with Crippen LogP contribution < -0.4 is 10.7 Å². The van der Waals surface area contributed by atoms with E-state index in [4.69, 9.17) is 0 Å². The maximum Gasteiger partial charge on any atom is 0.256 e. The van der Waals surface area contributed by atoms with Gasteiger partial charge in [-0.3, -0.25) is 10.2 Å². The number of aryl methyl sites for hydroxylation is 1. The molecular formula is C12H17N3O. The molecular weight excluding hydrogens is 202 g/mol. The fourth-order valence-electron chi connectivity index (χ4n) is 1.93. The lowest BCUT2D eigenvalue weighted by atomic mass is 9.98. The van der Waals surface area contributed by atoms with Crippen molar-refractivity contribution in [3.05, 3.63) is 29.8 Å². The van der Waals surface area contributed by atoms with Crippen LogP contribution in [0.15, 0.2) is 24.3 Å².